The monoisotopic (exact) mass is 251 g/mol. The molecule has 0 saturated carbocycles. The molecule has 2 aromatic rings. The Bertz CT molecular complexity index is 491. The predicted octanol–water partition coefficient (Wildman–Crippen LogP) is 3.84. The van der Waals surface area contributed by atoms with E-state index < -0.39 is 0 Å². The van der Waals surface area contributed by atoms with Gasteiger partial charge in [0.2, 0.25) is 0 Å². The summed E-state index contributed by atoms with van der Waals surface area (Å²) in [6.07, 6.45) is 0. The summed E-state index contributed by atoms with van der Waals surface area (Å²) in [5, 5.41) is 0. The molecule has 0 aliphatic rings. The van der Waals surface area contributed by atoms with Gasteiger partial charge in [0.25, 0.3) is 0 Å². The standard InChI is InChI=1S/C13H11F2NS/c14-10-3-1-9(2-4-10)8-17-13-6-11(15)5-12(16)7-13/h1-7H,8,16H2. The first-order valence-electron chi connectivity index (χ1n) is 5.07. The summed E-state index contributed by atoms with van der Waals surface area (Å²) >= 11 is 1.47. The zero-order valence-corrected chi connectivity index (χ0v) is 9.81. The highest BCUT2D eigenvalue weighted by atomic mass is 32.2. The van der Waals surface area contributed by atoms with Crippen LogP contribution in [0.2, 0.25) is 0 Å². The van der Waals surface area contributed by atoms with Gasteiger partial charge in [0, 0.05) is 16.3 Å². The van der Waals surface area contributed by atoms with Crippen molar-refractivity contribution in [3.05, 3.63) is 59.7 Å². The Balaban J connectivity index is 2.04. The van der Waals surface area contributed by atoms with Gasteiger partial charge in [-0.2, -0.15) is 0 Å². The van der Waals surface area contributed by atoms with Gasteiger partial charge in [0.05, 0.1) is 0 Å². The van der Waals surface area contributed by atoms with Gasteiger partial charge in [0.15, 0.2) is 0 Å². The first-order valence-corrected chi connectivity index (χ1v) is 6.05. The van der Waals surface area contributed by atoms with Crippen LogP contribution >= 0.6 is 11.8 Å². The van der Waals surface area contributed by atoms with E-state index in [-0.39, 0.29) is 11.6 Å². The van der Waals surface area contributed by atoms with Crippen LogP contribution in [0.1, 0.15) is 5.56 Å². The molecular weight excluding hydrogens is 240 g/mol. The highest BCUT2D eigenvalue weighted by Crippen LogP contribution is 2.25. The van der Waals surface area contributed by atoms with Crippen LogP contribution in [-0.4, -0.2) is 0 Å². The fourth-order valence-corrected chi connectivity index (χ4v) is 2.36. The van der Waals surface area contributed by atoms with Crippen LogP contribution in [0.3, 0.4) is 0 Å². The average Bonchev–Trinajstić information content (AvgIpc) is 2.27. The number of anilines is 1. The first kappa shape index (κ1) is 11.9. The number of nitrogens with two attached hydrogens (primary N) is 1. The summed E-state index contributed by atoms with van der Waals surface area (Å²) in [6, 6.07) is 10.7. The number of rotatable bonds is 3. The molecule has 4 heteroatoms. The zero-order valence-electron chi connectivity index (χ0n) is 8.99. The normalized spacial score (nSPS) is 10.5. The van der Waals surface area contributed by atoms with Gasteiger partial charge >= 0.3 is 0 Å². The van der Waals surface area contributed by atoms with E-state index in [0.717, 1.165) is 10.5 Å². The molecule has 2 rings (SSSR count). The molecule has 0 amide bonds. The number of thioether (sulfide) groups is 1. The summed E-state index contributed by atoms with van der Waals surface area (Å²) in [5.74, 6) is 0.0590. The van der Waals surface area contributed by atoms with Crippen LogP contribution in [0.25, 0.3) is 0 Å². The second kappa shape index (κ2) is 5.19. The lowest BCUT2D eigenvalue weighted by Crippen LogP contribution is -1.88. The molecular formula is C13H11F2NS. The van der Waals surface area contributed by atoms with E-state index in [1.54, 1.807) is 18.2 Å². The minimum Gasteiger partial charge on any atom is -0.399 e. The molecule has 0 unspecified atom stereocenters. The van der Waals surface area contributed by atoms with E-state index in [4.69, 9.17) is 5.73 Å². The average molecular weight is 251 g/mol. The maximum absolute atomic E-state index is 13.1. The van der Waals surface area contributed by atoms with Gasteiger partial charge in [-0.3, -0.25) is 0 Å². The Labute approximate surface area is 103 Å². The van der Waals surface area contributed by atoms with E-state index in [2.05, 4.69) is 0 Å². The SMILES string of the molecule is Nc1cc(F)cc(SCc2ccc(F)cc2)c1. The Morgan fingerprint density at radius 2 is 1.65 bits per heavy atom. The maximum atomic E-state index is 13.1. The molecule has 17 heavy (non-hydrogen) atoms. The largest absolute Gasteiger partial charge is 0.399 e. The third kappa shape index (κ3) is 3.46. The Kier molecular flexibility index (Phi) is 3.64. The lowest BCUT2D eigenvalue weighted by molar-refractivity contribution is 0.625. The molecule has 0 heterocycles. The predicted molar refractivity (Wildman–Crippen MR) is 66.8 cm³/mol. The van der Waals surface area contributed by atoms with Crippen LogP contribution in [0, 0.1) is 11.6 Å². The van der Waals surface area contributed by atoms with E-state index in [1.807, 2.05) is 0 Å². The zero-order chi connectivity index (χ0) is 12.3. The third-order valence-electron chi connectivity index (χ3n) is 2.21. The van der Waals surface area contributed by atoms with Crippen molar-refractivity contribution < 1.29 is 8.78 Å². The quantitative estimate of drug-likeness (QED) is 0.662. The van der Waals surface area contributed by atoms with Gasteiger partial charge in [-0.25, -0.2) is 8.78 Å². The Hall–Kier alpha value is -1.55. The molecule has 88 valence electrons. The second-order valence-corrected chi connectivity index (χ2v) is 4.68. The smallest absolute Gasteiger partial charge is 0.126 e. The van der Waals surface area contributed by atoms with Gasteiger partial charge in [-0.15, -0.1) is 11.8 Å². The van der Waals surface area contributed by atoms with Gasteiger partial charge < -0.3 is 5.73 Å². The molecule has 1 nitrogen and oxygen atoms in total. The molecule has 0 aliphatic carbocycles. The fraction of sp³-hybridized carbons (Fsp3) is 0.0769. The van der Waals surface area contributed by atoms with Crippen LogP contribution in [0.4, 0.5) is 14.5 Å². The lowest BCUT2D eigenvalue weighted by Gasteiger charge is -2.03. The molecule has 0 radical (unpaired) electrons. The van der Waals surface area contributed by atoms with Gasteiger partial charge in [0.1, 0.15) is 11.6 Å². The van der Waals surface area contributed by atoms with Crippen LogP contribution < -0.4 is 5.73 Å². The maximum Gasteiger partial charge on any atom is 0.126 e. The molecule has 0 aromatic heterocycles. The number of benzene rings is 2. The molecule has 0 bridgehead atoms. The number of hydrogen-bond donors (Lipinski definition) is 1. The number of nitrogen functional groups attached to an aromatic ring is 1. The van der Waals surface area contributed by atoms with Crippen molar-refractivity contribution in [2.24, 2.45) is 0 Å². The van der Waals surface area contributed by atoms with E-state index in [0.29, 0.717) is 11.4 Å². The fourth-order valence-electron chi connectivity index (χ4n) is 1.42. The van der Waals surface area contributed by atoms with Crippen molar-refractivity contribution in [3.8, 4) is 0 Å². The summed E-state index contributed by atoms with van der Waals surface area (Å²) < 4.78 is 25.7. The van der Waals surface area contributed by atoms with Crippen molar-refractivity contribution in [1.29, 1.82) is 0 Å². The molecule has 0 atom stereocenters. The number of halogens is 2. The van der Waals surface area contributed by atoms with Crippen molar-refractivity contribution in [2.45, 2.75) is 10.6 Å². The highest BCUT2D eigenvalue weighted by molar-refractivity contribution is 7.98. The van der Waals surface area contributed by atoms with Crippen LogP contribution in [-0.2, 0) is 5.75 Å². The molecule has 0 saturated heterocycles. The summed E-state index contributed by atoms with van der Waals surface area (Å²) in [6.45, 7) is 0. The molecule has 2 N–H and O–H groups in total. The molecule has 2 aromatic carbocycles. The molecule has 0 spiro atoms. The van der Waals surface area contributed by atoms with E-state index in [1.165, 1.54) is 36.0 Å². The van der Waals surface area contributed by atoms with Crippen LogP contribution in [0.5, 0.6) is 0 Å². The minimum absolute atomic E-state index is 0.256. The van der Waals surface area contributed by atoms with E-state index >= 15 is 0 Å². The van der Waals surface area contributed by atoms with Crippen molar-refractivity contribution in [2.75, 3.05) is 5.73 Å². The highest BCUT2D eigenvalue weighted by Gasteiger charge is 2.00. The van der Waals surface area contributed by atoms with Crippen molar-refractivity contribution >= 4 is 17.4 Å². The summed E-state index contributed by atoms with van der Waals surface area (Å²) in [4.78, 5) is 0.770. The lowest BCUT2D eigenvalue weighted by atomic mass is 10.2. The first-order chi connectivity index (χ1) is 8.13. The third-order valence-corrected chi connectivity index (χ3v) is 3.26. The van der Waals surface area contributed by atoms with Gasteiger partial charge in [-0.1, -0.05) is 12.1 Å². The summed E-state index contributed by atoms with van der Waals surface area (Å²) in [7, 11) is 0. The van der Waals surface area contributed by atoms with Gasteiger partial charge in [-0.05, 0) is 35.9 Å². The number of hydrogen-bond acceptors (Lipinski definition) is 2. The Morgan fingerprint density at radius 3 is 2.29 bits per heavy atom. The Morgan fingerprint density at radius 1 is 0.941 bits per heavy atom. The van der Waals surface area contributed by atoms with Crippen molar-refractivity contribution in [1.82, 2.24) is 0 Å². The van der Waals surface area contributed by atoms with E-state index in [9.17, 15) is 8.78 Å². The second-order valence-electron chi connectivity index (χ2n) is 3.64. The summed E-state index contributed by atoms with van der Waals surface area (Å²) in [5.41, 5.74) is 6.94. The molecule has 0 aliphatic heterocycles. The van der Waals surface area contributed by atoms with Crippen molar-refractivity contribution in [3.63, 3.8) is 0 Å². The topological polar surface area (TPSA) is 26.0 Å². The minimum atomic E-state index is -0.341. The van der Waals surface area contributed by atoms with Crippen LogP contribution in [0.15, 0.2) is 47.4 Å². The molecule has 0 fully saturated rings.